The second-order valence-electron chi connectivity index (χ2n) is 12.1. The zero-order valence-corrected chi connectivity index (χ0v) is 20.6. The molecule has 8 atom stereocenters. The molecule has 180 valence electrons. The topological polar surface area (TPSA) is 77.8 Å². The van der Waals surface area contributed by atoms with Gasteiger partial charge in [0, 0.05) is 0 Å². The lowest BCUT2D eigenvalue weighted by Gasteiger charge is -2.58. The van der Waals surface area contributed by atoms with Crippen molar-refractivity contribution in [2.45, 2.75) is 98.0 Å². The molecule has 32 heavy (non-hydrogen) atoms. The molecule has 0 aromatic carbocycles. The largest absolute Gasteiger partial charge is 0.478 e. The number of allylic oxidation sites excluding steroid dienone is 2. The van der Waals surface area contributed by atoms with Crippen LogP contribution in [-0.4, -0.2) is 34.0 Å². The molecule has 3 unspecified atom stereocenters. The van der Waals surface area contributed by atoms with Gasteiger partial charge in [-0.25, -0.2) is 4.79 Å². The molecule has 4 aliphatic carbocycles. The lowest BCUT2D eigenvalue weighted by atomic mass is 9.47. The molecule has 3 N–H and O–H groups in total. The van der Waals surface area contributed by atoms with E-state index in [1.165, 1.54) is 32.1 Å². The standard InChI is InChI=1S/C28H44O4/c1-17(22(16-29)26(31)32)5-6-18(2)23-9-10-24-21-8-7-19-15-20(30)11-13-27(19,3)25(21)12-14-28(23,24)4/h7,18,20-21,23-25,29-30H,5-6,8-16H2,1-4H3,(H,31,32)/b22-17-/t18-,20+,21+,23?,24?,25?,27+,28-/m1/s1. The molecule has 4 heteroatoms. The number of carboxylic acid groups (broad SMARTS) is 1. The van der Waals surface area contributed by atoms with Crippen LogP contribution in [0.15, 0.2) is 22.8 Å². The normalized spacial score (nSPS) is 42.8. The van der Waals surface area contributed by atoms with E-state index < -0.39 is 5.97 Å². The number of hydrogen-bond acceptors (Lipinski definition) is 3. The van der Waals surface area contributed by atoms with Gasteiger partial charge in [0.05, 0.1) is 18.3 Å². The minimum Gasteiger partial charge on any atom is -0.478 e. The molecule has 3 saturated carbocycles. The Labute approximate surface area is 194 Å². The quantitative estimate of drug-likeness (QED) is 0.361. The molecule has 0 saturated heterocycles. The molecule has 0 amide bonds. The van der Waals surface area contributed by atoms with Crippen molar-refractivity contribution in [3.8, 4) is 0 Å². The first kappa shape index (κ1) is 24.0. The third kappa shape index (κ3) is 3.90. The van der Waals surface area contributed by atoms with Crippen molar-refractivity contribution in [3.63, 3.8) is 0 Å². The van der Waals surface area contributed by atoms with Gasteiger partial charge in [-0.3, -0.25) is 0 Å². The number of aliphatic hydroxyl groups excluding tert-OH is 2. The molecule has 4 nitrogen and oxygen atoms in total. The second kappa shape index (κ2) is 8.91. The highest BCUT2D eigenvalue weighted by Gasteiger charge is 2.59. The maximum Gasteiger partial charge on any atom is 0.333 e. The van der Waals surface area contributed by atoms with Crippen molar-refractivity contribution in [3.05, 3.63) is 22.8 Å². The zero-order valence-electron chi connectivity index (χ0n) is 20.6. The fraction of sp³-hybridized carbons (Fsp3) is 0.821. The van der Waals surface area contributed by atoms with E-state index in [-0.39, 0.29) is 18.3 Å². The molecule has 0 bridgehead atoms. The molecule has 0 aromatic rings. The highest BCUT2D eigenvalue weighted by atomic mass is 16.4. The van der Waals surface area contributed by atoms with E-state index in [2.05, 4.69) is 26.8 Å². The summed E-state index contributed by atoms with van der Waals surface area (Å²) in [6.45, 7) is 8.92. The highest BCUT2D eigenvalue weighted by Crippen LogP contribution is 2.67. The number of aliphatic hydroxyl groups is 2. The SMILES string of the molecule is C/C(CC[C@@H](C)C1CCC2[C@@H]3CC=C4C[C@@H](O)CC[C@]4(C)C3CC[C@@]21C)=C(\CO)C(=O)O. The maximum absolute atomic E-state index is 11.4. The predicted molar refractivity (Wildman–Crippen MR) is 127 cm³/mol. The molecule has 4 rings (SSSR count). The van der Waals surface area contributed by atoms with Crippen LogP contribution < -0.4 is 0 Å². The average molecular weight is 445 g/mol. The van der Waals surface area contributed by atoms with Gasteiger partial charge in [-0.2, -0.15) is 0 Å². The number of carboxylic acids is 1. The van der Waals surface area contributed by atoms with Gasteiger partial charge in [0.25, 0.3) is 0 Å². The van der Waals surface area contributed by atoms with E-state index in [1.807, 2.05) is 6.92 Å². The van der Waals surface area contributed by atoms with Crippen LogP contribution in [0.5, 0.6) is 0 Å². The van der Waals surface area contributed by atoms with Crippen LogP contribution in [0.2, 0.25) is 0 Å². The summed E-state index contributed by atoms with van der Waals surface area (Å²) in [7, 11) is 0. The van der Waals surface area contributed by atoms with E-state index in [0.717, 1.165) is 55.4 Å². The summed E-state index contributed by atoms with van der Waals surface area (Å²) in [4.78, 5) is 11.4. The average Bonchev–Trinajstić information content (AvgIpc) is 3.10. The summed E-state index contributed by atoms with van der Waals surface area (Å²) < 4.78 is 0. The van der Waals surface area contributed by atoms with Gasteiger partial charge in [-0.05, 0) is 112 Å². The zero-order chi connectivity index (χ0) is 23.3. The van der Waals surface area contributed by atoms with Crippen molar-refractivity contribution in [2.24, 2.45) is 40.4 Å². The number of hydrogen-bond donors (Lipinski definition) is 3. The van der Waals surface area contributed by atoms with Crippen LogP contribution in [0.25, 0.3) is 0 Å². The van der Waals surface area contributed by atoms with Gasteiger partial charge < -0.3 is 15.3 Å². The van der Waals surface area contributed by atoms with Gasteiger partial charge in [0.15, 0.2) is 0 Å². The maximum atomic E-state index is 11.4. The first-order valence-corrected chi connectivity index (χ1v) is 13.0. The van der Waals surface area contributed by atoms with Gasteiger partial charge in [-0.15, -0.1) is 0 Å². The van der Waals surface area contributed by atoms with Gasteiger partial charge in [0.2, 0.25) is 0 Å². The summed E-state index contributed by atoms with van der Waals surface area (Å²) >= 11 is 0. The van der Waals surface area contributed by atoms with Crippen LogP contribution in [0.3, 0.4) is 0 Å². The third-order valence-corrected chi connectivity index (χ3v) is 10.7. The number of rotatable bonds is 6. The van der Waals surface area contributed by atoms with E-state index in [0.29, 0.717) is 22.7 Å². The van der Waals surface area contributed by atoms with Crippen molar-refractivity contribution in [1.29, 1.82) is 0 Å². The highest BCUT2D eigenvalue weighted by molar-refractivity contribution is 5.87. The van der Waals surface area contributed by atoms with Crippen LogP contribution >= 0.6 is 0 Å². The first-order valence-electron chi connectivity index (χ1n) is 13.0. The van der Waals surface area contributed by atoms with Crippen LogP contribution in [0, 0.1) is 40.4 Å². The summed E-state index contributed by atoms with van der Waals surface area (Å²) in [6, 6.07) is 0. The van der Waals surface area contributed by atoms with Gasteiger partial charge in [-0.1, -0.05) is 38.0 Å². The predicted octanol–water partition coefficient (Wildman–Crippen LogP) is 5.74. The Balaban J connectivity index is 1.48. The Hall–Kier alpha value is -1.13. The first-order chi connectivity index (χ1) is 15.1. The van der Waals surface area contributed by atoms with Crippen LogP contribution in [0.4, 0.5) is 0 Å². The van der Waals surface area contributed by atoms with E-state index in [9.17, 15) is 20.1 Å². The van der Waals surface area contributed by atoms with Crippen molar-refractivity contribution in [1.82, 2.24) is 0 Å². The Bertz CT molecular complexity index is 797. The lowest BCUT2D eigenvalue weighted by molar-refractivity contribution is -0.133. The Morgan fingerprint density at radius 2 is 1.91 bits per heavy atom. The monoisotopic (exact) mass is 444 g/mol. The van der Waals surface area contributed by atoms with E-state index in [4.69, 9.17) is 0 Å². The fourth-order valence-corrected chi connectivity index (χ4v) is 8.80. The molecular formula is C28H44O4. The summed E-state index contributed by atoms with van der Waals surface area (Å²) in [5.41, 5.74) is 3.23. The third-order valence-electron chi connectivity index (χ3n) is 10.7. The summed E-state index contributed by atoms with van der Waals surface area (Å²) in [5, 5.41) is 28.9. The molecule has 4 aliphatic rings. The summed E-state index contributed by atoms with van der Waals surface area (Å²) in [6.07, 6.45) is 13.6. The van der Waals surface area contributed by atoms with Crippen molar-refractivity contribution < 1.29 is 20.1 Å². The van der Waals surface area contributed by atoms with Crippen LogP contribution in [-0.2, 0) is 4.79 Å². The van der Waals surface area contributed by atoms with Gasteiger partial charge in [0.1, 0.15) is 0 Å². The lowest BCUT2D eigenvalue weighted by Crippen LogP contribution is -2.50. The molecule has 0 spiro atoms. The van der Waals surface area contributed by atoms with E-state index >= 15 is 0 Å². The van der Waals surface area contributed by atoms with E-state index in [1.54, 1.807) is 5.57 Å². The van der Waals surface area contributed by atoms with Crippen molar-refractivity contribution in [2.75, 3.05) is 6.61 Å². The smallest absolute Gasteiger partial charge is 0.333 e. The molecule has 0 aliphatic heterocycles. The Morgan fingerprint density at radius 1 is 1.16 bits per heavy atom. The number of aliphatic carboxylic acids is 1. The number of fused-ring (bicyclic) bond motifs is 5. The summed E-state index contributed by atoms with van der Waals surface area (Å²) in [5.74, 6) is 2.63. The molecule has 3 fully saturated rings. The van der Waals surface area contributed by atoms with Gasteiger partial charge >= 0.3 is 5.97 Å². The molecule has 0 radical (unpaired) electrons. The molecule has 0 heterocycles. The van der Waals surface area contributed by atoms with Crippen molar-refractivity contribution >= 4 is 5.97 Å². The van der Waals surface area contributed by atoms with Crippen LogP contribution in [0.1, 0.15) is 91.9 Å². The minimum atomic E-state index is -0.989. The fourth-order valence-electron chi connectivity index (χ4n) is 8.80. The minimum absolute atomic E-state index is 0.138. The molecular weight excluding hydrogens is 400 g/mol. The number of carbonyl (C=O) groups is 1. The molecule has 0 aromatic heterocycles. The Kier molecular flexibility index (Phi) is 6.68. The Morgan fingerprint density at radius 3 is 2.59 bits per heavy atom. The second-order valence-corrected chi connectivity index (χ2v) is 12.1.